The smallest absolute Gasteiger partial charge is 0.225 e. The summed E-state index contributed by atoms with van der Waals surface area (Å²) in [4.78, 5) is 10.5. The predicted molar refractivity (Wildman–Crippen MR) is 77.8 cm³/mol. The van der Waals surface area contributed by atoms with E-state index in [4.69, 9.17) is 10.9 Å². The molecule has 3 N–H and O–H groups in total. The van der Waals surface area contributed by atoms with Crippen LogP contribution in [-0.4, -0.2) is 28.1 Å². The molecule has 1 heterocycles. The van der Waals surface area contributed by atoms with E-state index in [0.717, 1.165) is 11.3 Å². The van der Waals surface area contributed by atoms with Gasteiger partial charge in [0.05, 0.1) is 0 Å². The molecule has 0 amide bonds. The Bertz CT molecular complexity index is 626. The normalized spacial score (nSPS) is 11.4. The Morgan fingerprint density at radius 3 is 2.90 bits per heavy atom. The number of rotatable bonds is 4. The van der Waals surface area contributed by atoms with Crippen molar-refractivity contribution in [1.82, 2.24) is 9.97 Å². The lowest BCUT2D eigenvalue weighted by molar-refractivity contribution is 0.318. The van der Waals surface area contributed by atoms with E-state index in [2.05, 4.69) is 15.1 Å². The molecule has 0 spiro atoms. The molecule has 104 valence electrons. The van der Waals surface area contributed by atoms with Crippen molar-refractivity contribution in [2.24, 2.45) is 10.9 Å². The van der Waals surface area contributed by atoms with Gasteiger partial charge in [-0.2, -0.15) is 0 Å². The molecular formula is C14H17N5O. The molecule has 6 heteroatoms. The lowest BCUT2D eigenvalue weighted by Gasteiger charge is -2.17. The van der Waals surface area contributed by atoms with Crippen LogP contribution in [0.1, 0.15) is 16.8 Å². The largest absolute Gasteiger partial charge is 0.409 e. The Balaban J connectivity index is 2.17. The highest BCUT2D eigenvalue weighted by atomic mass is 16.4. The van der Waals surface area contributed by atoms with E-state index >= 15 is 0 Å². The number of oxime groups is 1. The predicted octanol–water partition coefficient (Wildman–Crippen LogP) is 1.52. The number of aromatic nitrogens is 2. The van der Waals surface area contributed by atoms with E-state index in [1.165, 1.54) is 0 Å². The van der Waals surface area contributed by atoms with Crippen molar-refractivity contribution in [2.75, 3.05) is 11.9 Å². The summed E-state index contributed by atoms with van der Waals surface area (Å²) in [6.45, 7) is 2.56. The number of anilines is 1. The molecule has 0 radical (unpaired) electrons. The standard InChI is InChI=1S/C14H17N5O/c1-10-6-7-16-14(17-10)19(2)9-11-4-3-5-12(8-11)13(15)18-20/h3-8,20H,9H2,1-2H3,(H2,15,18). The lowest BCUT2D eigenvalue weighted by atomic mass is 10.1. The SMILES string of the molecule is Cc1ccnc(N(C)Cc2cccc(C(N)=NO)c2)n1. The first-order chi connectivity index (χ1) is 9.60. The molecule has 0 aliphatic carbocycles. The average molecular weight is 271 g/mol. The van der Waals surface area contributed by atoms with Gasteiger partial charge in [-0.3, -0.25) is 0 Å². The first kappa shape index (κ1) is 13.8. The maximum Gasteiger partial charge on any atom is 0.225 e. The molecule has 0 bridgehead atoms. The van der Waals surface area contributed by atoms with Gasteiger partial charge < -0.3 is 15.8 Å². The quantitative estimate of drug-likeness (QED) is 0.381. The van der Waals surface area contributed by atoms with Crippen molar-refractivity contribution in [1.29, 1.82) is 0 Å². The second-order valence-electron chi connectivity index (χ2n) is 4.54. The van der Waals surface area contributed by atoms with Crippen LogP contribution in [0, 0.1) is 6.92 Å². The molecule has 6 nitrogen and oxygen atoms in total. The minimum Gasteiger partial charge on any atom is -0.409 e. The van der Waals surface area contributed by atoms with Gasteiger partial charge in [0.2, 0.25) is 5.95 Å². The zero-order chi connectivity index (χ0) is 14.5. The van der Waals surface area contributed by atoms with Gasteiger partial charge in [-0.25, -0.2) is 9.97 Å². The summed E-state index contributed by atoms with van der Waals surface area (Å²) in [5, 5.41) is 11.7. The molecule has 0 aliphatic heterocycles. The fourth-order valence-electron chi connectivity index (χ4n) is 1.85. The Hall–Kier alpha value is -2.63. The molecule has 0 saturated carbocycles. The molecule has 0 aliphatic rings. The second-order valence-corrected chi connectivity index (χ2v) is 4.54. The van der Waals surface area contributed by atoms with Crippen molar-refractivity contribution < 1.29 is 5.21 Å². The molecule has 1 aromatic carbocycles. The third kappa shape index (κ3) is 3.23. The van der Waals surface area contributed by atoms with Crippen LogP contribution in [0.25, 0.3) is 0 Å². The Morgan fingerprint density at radius 2 is 2.20 bits per heavy atom. The van der Waals surface area contributed by atoms with Gasteiger partial charge in [-0.15, -0.1) is 0 Å². The fourth-order valence-corrected chi connectivity index (χ4v) is 1.85. The summed E-state index contributed by atoms with van der Waals surface area (Å²) in [6, 6.07) is 9.37. The van der Waals surface area contributed by atoms with Crippen LogP contribution in [0.2, 0.25) is 0 Å². The number of aryl methyl sites for hydroxylation is 1. The zero-order valence-electron chi connectivity index (χ0n) is 11.5. The summed E-state index contributed by atoms with van der Waals surface area (Å²) in [5.41, 5.74) is 8.22. The maximum absolute atomic E-state index is 8.70. The number of benzene rings is 1. The van der Waals surface area contributed by atoms with Gasteiger partial charge >= 0.3 is 0 Å². The van der Waals surface area contributed by atoms with Crippen molar-refractivity contribution in [3.8, 4) is 0 Å². The molecule has 2 aromatic rings. The molecule has 0 unspecified atom stereocenters. The summed E-state index contributed by atoms with van der Waals surface area (Å²) in [5.74, 6) is 0.764. The number of nitrogens with zero attached hydrogens (tertiary/aromatic N) is 4. The van der Waals surface area contributed by atoms with Crippen molar-refractivity contribution in [3.05, 3.63) is 53.3 Å². The Morgan fingerprint density at radius 1 is 1.40 bits per heavy atom. The van der Waals surface area contributed by atoms with Crippen LogP contribution in [0.3, 0.4) is 0 Å². The molecule has 0 atom stereocenters. The van der Waals surface area contributed by atoms with Gasteiger partial charge in [-0.05, 0) is 24.6 Å². The summed E-state index contributed by atoms with van der Waals surface area (Å²) < 4.78 is 0. The van der Waals surface area contributed by atoms with E-state index in [0.29, 0.717) is 18.1 Å². The van der Waals surface area contributed by atoms with E-state index in [-0.39, 0.29) is 5.84 Å². The fraction of sp³-hybridized carbons (Fsp3) is 0.214. The highest BCUT2D eigenvalue weighted by Gasteiger charge is 2.07. The van der Waals surface area contributed by atoms with E-state index < -0.39 is 0 Å². The lowest BCUT2D eigenvalue weighted by Crippen LogP contribution is -2.20. The molecule has 2 rings (SSSR count). The van der Waals surface area contributed by atoms with Crippen molar-refractivity contribution in [3.63, 3.8) is 0 Å². The maximum atomic E-state index is 8.70. The van der Waals surface area contributed by atoms with Crippen molar-refractivity contribution >= 4 is 11.8 Å². The molecule has 0 saturated heterocycles. The highest BCUT2D eigenvalue weighted by molar-refractivity contribution is 5.97. The van der Waals surface area contributed by atoms with E-state index in [1.807, 2.05) is 43.1 Å². The van der Waals surface area contributed by atoms with Crippen molar-refractivity contribution in [2.45, 2.75) is 13.5 Å². The first-order valence-corrected chi connectivity index (χ1v) is 6.18. The summed E-state index contributed by atoms with van der Waals surface area (Å²) in [7, 11) is 1.92. The molecule has 0 fully saturated rings. The topological polar surface area (TPSA) is 87.6 Å². The average Bonchev–Trinajstić information content (AvgIpc) is 2.46. The van der Waals surface area contributed by atoms with Gasteiger partial charge in [0, 0.05) is 31.0 Å². The van der Waals surface area contributed by atoms with Gasteiger partial charge in [0.15, 0.2) is 5.84 Å². The van der Waals surface area contributed by atoms with Crippen LogP contribution >= 0.6 is 0 Å². The van der Waals surface area contributed by atoms with Crippen LogP contribution in [-0.2, 0) is 6.54 Å². The van der Waals surface area contributed by atoms with Crippen LogP contribution < -0.4 is 10.6 Å². The Kier molecular flexibility index (Phi) is 4.14. The number of nitrogens with two attached hydrogens (primary N) is 1. The highest BCUT2D eigenvalue weighted by Crippen LogP contribution is 2.12. The summed E-state index contributed by atoms with van der Waals surface area (Å²) in [6.07, 6.45) is 1.74. The first-order valence-electron chi connectivity index (χ1n) is 6.18. The van der Waals surface area contributed by atoms with Gasteiger partial charge in [0.25, 0.3) is 0 Å². The molecule has 1 aromatic heterocycles. The van der Waals surface area contributed by atoms with Crippen LogP contribution in [0.5, 0.6) is 0 Å². The number of amidine groups is 1. The monoisotopic (exact) mass is 271 g/mol. The number of hydrogen-bond acceptors (Lipinski definition) is 5. The molecular weight excluding hydrogens is 254 g/mol. The Labute approximate surface area is 117 Å². The third-order valence-corrected chi connectivity index (χ3v) is 2.87. The minimum atomic E-state index is 0.0984. The van der Waals surface area contributed by atoms with Gasteiger partial charge in [-0.1, -0.05) is 23.4 Å². The molecule has 20 heavy (non-hydrogen) atoms. The third-order valence-electron chi connectivity index (χ3n) is 2.87. The zero-order valence-corrected chi connectivity index (χ0v) is 11.5. The second kappa shape index (κ2) is 6.01. The minimum absolute atomic E-state index is 0.0984. The number of hydrogen-bond donors (Lipinski definition) is 2. The summed E-state index contributed by atoms with van der Waals surface area (Å²) >= 11 is 0. The van der Waals surface area contributed by atoms with Gasteiger partial charge in [0.1, 0.15) is 0 Å². The van der Waals surface area contributed by atoms with Crippen LogP contribution in [0.4, 0.5) is 5.95 Å². The van der Waals surface area contributed by atoms with E-state index in [1.54, 1.807) is 12.3 Å². The van der Waals surface area contributed by atoms with E-state index in [9.17, 15) is 0 Å². The van der Waals surface area contributed by atoms with Crippen LogP contribution in [0.15, 0.2) is 41.7 Å².